The molecule has 198 valence electrons. The molecule has 0 aliphatic heterocycles. The average molecular weight is 529 g/mol. The highest BCUT2D eigenvalue weighted by molar-refractivity contribution is 5.96. The lowest BCUT2D eigenvalue weighted by atomic mass is 10.1. The summed E-state index contributed by atoms with van der Waals surface area (Å²) in [5.74, 6) is -0.503. The highest BCUT2D eigenvalue weighted by Crippen LogP contribution is 2.23. The maximum Gasteiger partial charge on any atom is 0.259 e. The SMILES string of the molecule is O=C(CNc1cccc2ccccc12)NN=Cc1ccc(C=NNC(=O)CNc2cccc3ccccc23)cc1. The van der Waals surface area contributed by atoms with Crippen molar-refractivity contribution in [2.75, 3.05) is 23.7 Å². The van der Waals surface area contributed by atoms with E-state index in [1.165, 1.54) is 0 Å². The molecule has 0 bridgehead atoms. The molecular weight excluding hydrogens is 500 g/mol. The summed E-state index contributed by atoms with van der Waals surface area (Å²) in [7, 11) is 0. The van der Waals surface area contributed by atoms with E-state index in [9.17, 15) is 9.59 Å². The first-order valence-corrected chi connectivity index (χ1v) is 12.8. The summed E-state index contributed by atoms with van der Waals surface area (Å²) in [6.07, 6.45) is 3.13. The van der Waals surface area contributed by atoms with Crippen LogP contribution < -0.4 is 21.5 Å². The topological polar surface area (TPSA) is 107 Å². The molecule has 0 radical (unpaired) electrons. The number of rotatable bonds is 10. The summed E-state index contributed by atoms with van der Waals surface area (Å²) in [4.78, 5) is 24.4. The number of hydrogen-bond donors (Lipinski definition) is 4. The zero-order valence-electron chi connectivity index (χ0n) is 21.7. The van der Waals surface area contributed by atoms with E-state index < -0.39 is 0 Å². The third kappa shape index (κ3) is 6.87. The Hall–Kier alpha value is -5.50. The van der Waals surface area contributed by atoms with E-state index in [1.807, 2.05) is 109 Å². The number of carbonyl (C=O) groups excluding carboxylic acids is 2. The number of anilines is 2. The fourth-order valence-corrected chi connectivity index (χ4v) is 4.21. The van der Waals surface area contributed by atoms with Crippen LogP contribution in [0, 0.1) is 0 Å². The van der Waals surface area contributed by atoms with Crippen molar-refractivity contribution in [3.63, 3.8) is 0 Å². The zero-order valence-corrected chi connectivity index (χ0v) is 21.7. The van der Waals surface area contributed by atoms with E-state index >= 15 is 0 Å². The normalized spacial score (nSPS) is 11.2. The minimum atomic E-state index is -0.251. The molecule has 5 aromatic carbocycles. The molecule has 0 heterocycles. The molecule has 2 amide bonds. The van der Waals surface area contributed by atoms with E-state index in [2.05, 4.69) is 31.7 Å². The predicted molar refractivity (Wildman–Crippen MR) is 163 cm³/mol. The second-order valence-corrected chi connectivity index (χ2v) is 9.01. The third-order valence-corrected chi connectivity index (χ3v) is 6.20. The third-order valence-electron chi connectivity index (χ3n) is 6.20. The Labute approximate surface area is 231 Å². The van der Waals surface area contributed by atoms with Crippen LogP contribution in [0.15, 0.2) is 119 Å². The van der Waals surface area contributed by atoms with Gasteiger partial charge in [0.25, 0.3) is 11.8 Å². The second-order valence-electron chi connectivity index (χ2n) is 9.01. The molecule has 0 saturated heterocycles. The molecule has 8 heteroatoms. The van der Waals surface area contributed by atoms with Gasteiger partial charge in [0.2, 0.25) is 0 Å². The van der Waals surface area contributed by atoms with Crippen LogP contribution in [-0.2, 0) is 9.59 Å². The van der Waals surface area contributed by atoms with Gasteiger partial charge in [-0.2, -0.15) is 10.2 Å². The van der Waals surface area contributed by atoms with Gasteiger partial charge in [-0.25, -0.2) is 10.9 Å². The van der Waals surface area contributed by atoms with E-state index in [0.29, 0.717) is 0 Å². The van der Waals surface area contributed by atoms with Crippen molar-refractivity contribution in [1.82, 2.24) is 10.9 Å². The average Bonchev–Trinajstić information content (AvgIpc) is 2.99. The molecule has 40 heavy (non-hydrogen) atoms. The molecule has 0 spiro atoms. The predicted octanol–water partition coefficient (Wildman–Crippen LogP) is 5.12. The van der Waals surface area contributed by atoms with Crippen molar-refractivity contribution in [2.24, 2.45) is 10.2 Å². The maximum absolute atomic E-state index is 12.2. The molecule has 0 saturated carbocycles. The van der Waals surface area contributed by atoms with Gasteiger partial charge in [-0.1, -0.05) is 97.1 Å². The van der Waals surface area contributed by atoms with E-state index in [1.54, 1.807) is 12.4 Å². The summed E-state index contributed by atoms with van der Waals surface area (Å²) >= 11 is 0. The monoisotopic (exact) mass is 528 g/mol. The lowest BCUT2D eigenvalue weighted by Crippen LogP contribution is -2.26. The summed E-state index contributed by atoms with van der Waals surface area (Å²) in [6, 6.07) is 35.2. The molecule has 0 atom stereocenters. The van der Waals surface area contributed by atoms with Crippen LogP contribution in [0.25, 0.3) is 21.5 Å². The molecular formula is C32H28N6O2. The number of hydrogen-bond acceptors (Lipinski definition) is 6. The molecule has 8 nitrogen and oxygen atoms in total. The Morgan fingerprint density at radius 2 is 0.925 bits per heavy atom. The van der Waals surface area contributed by atoms with Crippen molar-refractivity contribution in [3.05, 3.63) is 120 Å². The Kier molecular flexibility index (Phi) is 8.38. The smallest absolute Gasteiger partial charge is 0.259 e. The molecule has 4 N–H and O–H groups in total. The zero-order chi connectivity index (χ0) is 27.6. The van der Waals surface area contributed by atoms with Gasteiger partial charge in [0.05, 0.1) is 25.5 Å². The Balaban J connectivity index is 1.05. The maximum atomic E-state index is 12.2. The quantitative estimate of drug-likeness (QED) is 0.149. The molecule has 5 aromatic rings. The Morgan fingerprint density at radius 3 is 1.38 bits per heavy atom. The lowest BCUT2D eigenvalue weighted by molar-refractivity contribution is -0.120. The van der Waals surface area contributed by atoms with Crippen LogP contribution >= 0.6 is 0 Å². The minimum Gasteiger partial charge on any atom is -0.376 e. The van der Waals surface area contributed by atoms with Gasteiger partial charge >= 0.3 is 0 Å². The van der Waals surface area contributed by atoms with Crippen LogP contribution in [0.2, 0.25) is 0 Å². The van der Waals surface area contributed by atoms with Crippen LogP contribution in [0.4, 0.5) is 11.4 Å². The fourth-order valence-electron chi connectivity index (χ4n) is 4.21. The first-order chi connectivity index (χ1) is 19.7. The number of hydrazone groups is 2. The molecule has 0 aliphatic rings. The van der Waals surface area contributed by atoms with Crippen molar-refractivity contribution in [3.8, 4) is 0 Å². The molecule has 0 aliphatic carbocycles. The van der Waals surface area contributed by atoms with Crippen molar-refractivity contribution >= 4 is 57.2 Å². The number of amides is 2. The van der Waals surface area contributed by atoms with E-state index in [4.69, 9.17) is 0 Å². The van der Waals surface area contributed by atoms with Crippen LogP contribution in [0.1, 0.15) is 11.1 Å². The number of nitrogens with zero attached hydrogens (tertiary/aromatic N) is 2. The molecule has 5 rings (SSSR count). The van der Waals surface area contributed by atoms with Gasteiger partial charge in [-0.3, -0.25) is 9.59 Å². The van der Waals surface area contributed by atoms with Gasteiger partial charge in [0, 0.05) is 22.1 Å². The van der Waals surface area contributed by atoms with Crippen LogP contribution in [0.5, 0.6) is 0 Å². The van der Waals surface area contributed by atoms with E-state index in [-0.39, 0.29) is 24.9 Å². The highest BCUT2D eigenvalue weighted by atomic mass is 16.2. The number of benzene rings is 5. The molecule has 0 aromatic heterocycles. The molecule has 0 fully saturated rings. The van der Waals surface area contributed by atoms with Gasteiger partial charge in [0.1, 0.15) is 0 Å². The Bertz CT molecular complexity index is 1560. The number of fused-ring (bicyclic) bond motifs is 2. The number of carbonyl (C=O) groups is 2. The Morgan fingerprint density at radius 1 is 0.525 bits per heavy atom. The van der Waals surface area contributed by atoms with Gasteiger partial charge in [-0.15, -0.1) is 0 Å². The van der Waals surface area contributed by atoms with Gasteiger partial charge < -0.3 is 10.6 Å². The van der Waals surface area contributed by atoms with Crippen molar-refractivity contribution < 1.29 is 9.59 Å². The van der Waals surface area contributed by atoms with Crippen molar-refractivity contribution in [2.45, 2.75) is 0 Å². The first kappa shape index (κ1) is 26.1. The summed E-state index contributed by atoms with van der Waals surface area (Å²) in [6.45, 7) is 0.202. The van der Waals surface area contributed by atoms with Gasteiger partial charge in [-0.05, 0) is 34.0 Å². The first-order valence-electron chi connectivity index (χ1n) is 12.8. The second kappa shape index (κ2) is 12.8. The minimum absolute atomic E-state index is 0.101. The highest BCUT2D eigenvalue weighted by Gasteiger charge is 2.04. The van der Waals surface area contributed by atoms with Crippen LogP contribution in [0.3, 0.4) is 0 Å². The largest absolute Gasteiger partial charge is 0.376 e. The number of nitrogens with one attached hydrogen (secondary N) is 4. The van der Waals surface area contributed by atoms with E-state index in [0.717, 1.165) is 44.0 Å². The standard InChI is InChI=1S/C32H28N6O2/c39-31(21-33-29-13-5-9-25-7-1-3-11-27(25)29)37-35-19-23-15-17-24(18-16-23)20-36-38-32(40)22-34-30-14-6-10-26-8-2-4-12-28(26)30/h1-20,33-34H,21-22H2,(H,37,39)(H,38,40). The summed E-state index contributed by atoms with van der Waals surface area (Å²) in [5.41, 5.74) is 8.47. The summed E-state index contributed by atoms with van der Waals surface area (Å²) in [5, 5.41) is 18.7. The molecule has 0 unspecified atom stereocenters. The van der Waals surface area contributed by atoms with Crippen molar-refractivity contribution in [1.29, 1.82) is 0 Å². The summed E-state index contributed by atoms with van der Waals surface area (Å²) < 4.78 is 0. The fraction of sp³-hybridized carbons (Fsp3) is 0.0625. The lowest BCUT2D eigenvalue weighted by Gasteiger charge is -2.08. The van der Waals surface area contributed by atoms with Crippen LogP contribution in [-0.4, -0.2) is 37.3 Å². The van der Waals surface area contributed by atoms with Gasteiger partial charge in [0.15, 0.2) is 0 Å².